The molecule has 0 spiro atoms. The number of allylic oxidation sites excluding steroid dienone is 2. The number of aliphatic hydroxyl groups is 1. The van der Waals surface area contributed by atoms with Gasteiger partial charge in [-0.15, -0.1) is 0 Å². The van der Waals surface area contributed by atoms with Gasteiger partial charge < -0.3 is 70.5 Å². The molecular formula is C67H121N13O12. The van der Waals surface area contributed by atoms with Gasteiger partial charge in [-0.3, -0.25) is 52.7 Å². The largest absolute Gasteiger partial charge is 0.390 e. The summed E-state index contributed by atoms with van der Waals surface area (Å²) in [5.74, 6) is -10.1. The van der Waals surface area contributed by atoms with E-state index in [1.807, 2.05) is 61.5 Å². The molecule has 0 radical (unpaired) electrons. The molecule has 2 unspecified atom stereocenters. The van der Waals surface area contributed by atoms with Crippen molar-refractivity contribution in [1.82, 2.24) is 65.4 Å². The molecule has 2 fully saturated rings. The SMILES string of the molecule is C/C=C/C[C@@H](C)[C@@H](O)[C@H]1C(=O)N[C@@H](CC)C(=O)N(C)CC(=O)N(C)[C@@H]([C@@H](C)CN2CCN(CC)CC2)C(=O)NC(C(C)C)C(=O)N(C)[C@@H](CC(C)C)C(=O)N[C@@H](C)C(=O)N[C@H](C)C(=O)N(C)[C@@H](CC(C)C)C(=O)N(C)[C@@H](CC(C)C)C(=O)N(C)C(C(C)C)C(=O)N1C. The van der Waals surface area contributed by atoms with E-state index in [0.29, 0.717) is 26.1 Å². The van der Waals surface area contributed by atoms with Crippen LogP contribution < -0.4 is 21.3 Å². The minimum absolute atomic E-state index is 0.0179. The lowest BCUT2D eigenvalue weighted by Gasteiger charge is -2.41. The van der Waals surface area contributed by atoms with Crippen molar-refractivity contribution >= 4 is 65.0 Å². The molecule has 0 aliphatic carbocycles. The first-order chi connectivity index (χ1) is 42.7. The molecule has 13 atom stereocenters. The van der Waals surface area contributed by atoms with Crippen molar-refractivity contribution in [2.24, 2.45) is 41.4 Å². The summed E-state index contributed by atoms with van der Waals surface area (Å²) in [5.41, 5.74) is 0. The Morgan fingerprint density at radius 2 is 0.935 bits per heavy atom. The fourth-order valence-electron chi connectivity index (χ4n) is 12.4. The van der Waals surface area contributed by atoms with E-state index in [1.165, 1.54) is 87.7 Å². The predicted octanol–water partition coefficient (Wildman–Crippen LogP) is 2.50. The lowest BCUT2D eigenvalue weighted by Crippen LogP contribution is -2.63. The second kappa shape index (κ2) is 37.6. The van der Waals surface area contributed by atoms with Gasteiger partial charge in [-0.2, -0.15) is 0 Å². The summed E-state index contributed by atoms with van der Waals surface area (Å²) in [5, 5.41) is 23.4. The van der Waals surface area contributed by atoms with Crippen molar-refractivity contribution in [1.29, 1.82) is 0 Å². The minimum atomic E-state index is -1.62. The van der Waals surface area contributed by atoms with E-state index in [4.69, 9.17) is 0 Å². The van der Waals surface area contributed by atoms with Crippen LogP contribution in [-0.4, -0.2) is 276 Å². The number of hydrogen-bond acceptors (Lipinski definition) is 14. The van der Waals surface area contributed by atoms with Gasteiger partial charge in [0.1, 0.15) is 60.4 Å². The van der Waals surface area contributed by atoms with Crippen LogP contribution >= 0.6 is 0 Å². The van der Waals surface area contributed by atoms with Crippen molar-refractivity contribution in [3.05, 3.63) is 12.2 Å². The van der Waals surface area contributed by atoms with E-state index in [-0.39, 0.29) is 43.4 Å². The number of likely N-dealkylation sites (N-methyl/N-ethyl adjacent to an activating group) is 8. The number of hydrogen-bond donors (Lipinski definition) is 5. The van der Waals surface area contributed by atoms with Gasteiger partial charge in [-0.25, -0.2) is 0 Å². The first-order valence-corrected chi connectivity index (χ1v) is 33.5. The molecule has 25 nitrogen and oxygen atoms in total. The molecular weight excluding hydrogens is 1180 g/mol. The number of carbonyl (C=O) groups is 11. The highest BCUT2D eigenvalue weighted by Crippen LogP contribution is 2.26. The van der Waals surface area contributed by atoms with Crippen LogP contribution in [0.4, 0.5) is 0 Å². The Morgan fingerprint density at radius 3 is 1.41 bits per heavy atom. The zero-order valence-electron chi connectivity index (χ0n) is 60.5. The summed E-state index contributed by atoms with van der Waals surface area (Å²) >= 11 is 0. The van der Waals surface area contributed by atoms with Crippen LogP contribution in [0.2, 0.25) is 0 Å². The summed E-state index contributed by atoms with van der Waals surface area (Å²) in [6, 6.07) is -12.5. The normalized spacial score (nSPS) is 27.5. The van der Waals surface area contributed by atoms with Crippen LogP contribution in [0.15, 0.2) is 12.2 Å². The Labute approximate surface area is 551 Å². The molecule has 2 heterocycles. The molecule has 25 heteroatoms. The molecule has 0 aromatic rings. The van der Waals surface area contributed by atoms with Crippen molar-refractivity contribution in [2.75, 3.05) is 95.1 Å². The van der Waals surface area contributed by atoms with E-state index in [1.54, 1.807) is 47.6 Å². The Bertz CT molecular complexity index is 2520. The van der Waals surface area contributed by atoms with Gasteiger partial charge in [0.15, 0.2) is 0 Å². The molecule has 5 N–H and O–H groups in total. The first-order valence-electron chi connectivity index (χ1n) is 33.5. The molecule has 11 amide bonds. The molecule has 2 saturated heterocycles. The van der Waals surface area contributed by atoms with Gasteiger partial charge in [0.2, 0.25) is 65.0 Å². The summed E-state index contributed by atoms with van der Waals surface area (Å²) in [4.78, 5) is 176. The van der Waals surface area contributed by atoms with Crippen molar-refractivity contribution in [3.8, 4) is 0 Å². The molecule has 2 rings (SSSR count). The van der Waals surface area contributed by atoms with E-state index in [0.717, 1.165) is 29.4 Å². The fourth-order valence-corrected chi connectivity index (χ4v) is 12.4. The highest BCUT2D eigenvalue weighted by molar-refractivity contribution is 5.99. The highest BCUT2D eigenvalue weighted by Gasteiger charge is 2.46. The fraction of sp³-hybridized carbons (Fsp3) is 0.806. The van der Waals surface area contributed by atoms with Crippen LogP contribution in [0.3, 0.4) is 0 Å². The molecule has 92 heavy (non-hydrogen) atoms. The van der Waals surface area contributed by atoms with E-state index in [2.05, 4.69) is 38.0 Å². The Balaban J connectivity index is 3.01. The van der Waals surface area contributed by atoms with E-state index >= 15 is 19.2 Å². The van der Waals surface area contributed by atoms with E-state index < -0.39 is 162 Å². The first kappa shape index (κ1) is 81.9. The zero-order valence-corrected chi connectivity index (χ0v) is 60.5. The van der Waals surface area contributed by atoms with Gasteiger partial charge in [0.25, 0.3) is 0 Å². The summed E-state index contributed by atoms with van der Waals surface area (Å²) < 4.78 is 0. The smallest absolute Gasteiger partial charge is 0.246 e. The Morgan fingerprint density at radius 1 is 0.478 bits per heavy atom. The average molecular weight is 1300 g/mol. The van der Waals surface area contributed by atoms with Gasteiger partial charge >= 0.3 is 0 Å². The third-order valence-electron chi connectivity index (χ3n) is 18.3. The number of rotatable bonds is 17. The van der Waals surface area contributed by atoms with Gasteiger partial charge in [-0.1, -0.05) is 109 Å². The number of nitrogens with one attached hydrogen (secondary N) is 4. The molecule has 2 aliphatic heterocycles. The molecule has 0 aromatic carbocycles. The Hall–Kier alpha value is -6.21. The van der Waals surface area contributed by atoms with Gasteiger partial charge in [0, 0.05) is 82.1 Å². The second-order valence-corrected chi connectivity index (χ2v) is 28.1. The van der Waals surface area contributed by atoms with Crippen molar-refractivity contribution < 1.29 is 57.8 Å². The third-order valence-corrected chi connectivity index (χ3v) is 18.3. The molecule has 526 valence electrons. The number of piperazine rings is 1. The summed E-state index contributed by atoms with van der Waals surface area (Å²) in [7, 11) is 10.0. The third kappa shape index (κ3) is 22.5. The predicted molar refractivity (Wildman–Crippen MR) is 357 cm³/mol. The number of carbonyl (C=O) groups excluding carboxylic acids is 11. The lowest BCUT2D eigenvalue weighted by atomic mass is 9.91. The standard InChI is InChI=1S/C67H121N13O12/c1-25-28-29-44(14)57(82)56-61(86)70-48(26-2)63(88)72(18)38-52(81)76(22)55(45(15)37-80-32-30-79(27-3)31-33-80)60(85)71-53(42(10)11)66(91)73(19)49(34-39(4)5)59(84)68-46(16)58(83)69-47(17)62(87)74(20)50(35-40(6)7)64(89)75(21)51(36-41(8)9)65(90)77(23)54(43(12)13)67(92)78(56)24/h25,28,39-51,53-57,82H,26-27,29-38H2,1-24H3,(H,68,84)(H,69,83)(H,70,86)(H,71,85)/b28-25+/t44-,45+,46+,47-,48+,49+,50+,51+,53?,54?,55+,56+,57-/m1/s1. The summed E-state index contributed by atoms with van der Waals surface area (Å²) in [6.07, 6.45) is 2.88. The van der Waals surface area contributed by atoms with Crippen LogP contribution in [0.1, 0.15) is 150 Å². The number of nitrogens with zero attached hydrogens (tertiary/aromatic N) is 9. The average Bonchev–Trinajstić information content (AvgIpc) is 0.828. The quantitative estimate of drug-likeness (QED) is 0.131. The maximum Gasteiger partial charge on any atom is 0.246 e. The van der Waals surface area contributed by atoms with Crippen LogP contribution in [0.25, 0.3) is 0 Å². The molecule has 0 saturated carbocycles. The monoisotopic (exact) mass is 1300 g/mol. The van der Waals surface area contributed by atoms with Crippen molar-refractivity contribution in [3.63, 3.8) is 0 Å². The molecule has 0 aromatic heterocycles. The van der Waals surface area contributed by atoms with Crippen LogP contribution in [0, 0.1) is 41.4 Å². The lowest BCUT2D eigenvalue weighted by molar-refractivity contribution is -0.157. The second-order valence-electron chi connectivity index (χ2n) is 28.1. The minimum Gasteiger partial charge on any atom is -0.390 e. The van der Waals surface area contributed by atoms with Crippen LogP contribution in [0.5, 0.6) is 0 Å². The molecule has 0 bridgehead atoms. The zero-order chi connectivity index (χ0) is 70.7. The van der Waals surface area contributed by atoms with Gasteiger partial charge in [-0.05, 0) is 101 Å². The Kier molecular flexibility index (Phi) is 33.5. The topological polar surface area (TPSA) is 285 Å². The van der Waals surface area contributed by atoms with Crippen LogP contribution in [-0.2, 0) is 52.7 Å². The highest BCUT2D eigenvalue weighted by atomic mass is 16.3. The van der Waals surface area contributed by atoms with Crippen molar-refractivity contribution in [2.45, 2.75) is 216 Å². The molecule has 2 aliphatic rings. The maximum atomic E-state index is 15.2. The van der Waals surface area contributed by atoms with Gasteiger partial charge in [0.05, 0.1) is 12.6 Å². The maximum absolute atomic E-state index is 15.2. The summed E-state index contributed by atoms with van der Waals surface area (Å²) in [6.45, 7) is 34.0. The number of aliphatic hydroxyl groups excluding tert-OH is 1. The number of amides is 11. The van der Waals surface area contributed by atoms with E-state index in [9.17, 15) is 38.7 Å².